The summed E-state index contributed by atoms with van der Waals surface area (Å²) < 4.78 is 1.78. The highest BCUT2D eigenvalue weighted by molar-refractivity contribution is 14.0. The quantitative estimate of drug-likeness (QED) is 0.387. The Bertz CT molecular complexity index is 653. The third kappa shape index (κ3) is 6.48. The minimum atomic E-state index is -0.00356. The second-order valence-corrected chi connectivity index (χ2v) is 6.22. The molecule has 0 aliphatic carbocycles. The van der Waals surface area contributed by atoms with Gasteiger partial charge in [-0.25, -0.2) is 4.99 Å². The van der Waals surface area contributed by atoms with Crippen molar-refractivity contribution in [3.05, 3.63) is 40.3 Å². The number of amides is 1. The van der Waals surface area contributed by atoms with Crippen LogP contribution in [0, 0.1) is 0 Å². The number of carbonyl (C=O) groups excluding carboxylic acids is 1. The van der Waals surface area contributed by atoms with Crippen LogP contribution in [-0.4, -0.2) is 47.2 Å². The van der Waals surface area contributed by atoms with Crippen molar-refractivity contribution < 1.29 is 4.79 Å². The Hall–Kier alpha value is -1.62. The Kier molecular flexibility index (Phi) is 8.76. The van der Waals surface area contributed by atoms with E-state index >= 15 is 0 Å². The Morgan fingerprint density at radius 3 is 2.75 bits per heavy atom. The number of aliphatic imine (C=N–C) groups is 1. The third-order valence-electron chi connectivity index (χ3n) is 3.24. The van der Waals surface area contributed by atoms with Gasteiger partial charge in [0.25, 0.3) is 0 Å². The van der Waals surface area contributed by atoms with E-state index in [1.54, 1.807) is 41.2 Å². The molecular weight excluding hydrogens is 439 g/mol. The van der Waals surface area contributed by atoms with Gasteiger partial charge in [0.15, 0.2) is 5.96 Å². The van der Waals surface area contributed by atoms with E-state index in [0.717, 1.165) is 5.69 Å². The first-order valence-electron chi connectivity index (χ1n) is 7.28. The molecule has 2 N–H and O–H groups in total. The lowest BCUT2D eigenvalue weighted by atomic mass is 10.4. The molecule has 0 saturated heterocycles. The lowest BCUT2D eigenvalue weighted by molar-refractivity contribution is -0.127. The highest BCUT2D eigenvalue weighted by atomic mass is 127. The molecule has 0 atom stereocenters. The standard InChI is InChI=1S/C15H22N6OS.HI/c1-20(2)14(22)11-18-15(17-10-13-5-4-8-23-13)16-9-12-6-7-19-21(12)3;/h4-8H,9-11H2,1-3H3,(H2,16,17,18);1H. The van der Waals surface area contributed by atoms with Crippen molar-refractivity contribution in [1.82, 2.24) is 25.3 Å². The summed E-state index contributed by atoms with van der Waals surface area (Å²) in [5.41, 5.74) is 1.00. The normalized spacial score (nSPS) is 10.9. The fraction of sp³-hybridized carbons (Fsp3) is 0.400. The van der Waals surface area contributed by atoms with Crippen LogP contribution in [0.5, 0.6) is 0 Å². The van der Waals surface area contributed by atoms with Crippen molar-refractivity contribution >= 4 is 47.2 Å². The van der Waals surface area contributed by atoms with Gasteiger partial charge in [-0.1, -0.05) is 6.07 Å². The molecule has 132 valence electrons. The molecule has 0 saturated carbocycles. The van der Waals surface area contributed by atoms with Crippen LogP contribution >= 0.6 is 35.3 Å². The second-order valence-electron chi connectivity index (χ2n) is 5.19. The molecule has 0 spiro atoms. The van der Waals surface area contributed by atoms with Gasteiger partial charge in [0, 0.05) is 32.2 Å². The molecule has 2 aromatic rings. The van der Waals surface area contributed by atoms with Crippen LogP contribution in [-0.2, 0) is 24.9 Å². The van der Waals surface area contributed by atoms with E-state index in [-0.39, 0.29) is 36.4 Å². The number of nitrogens with zero attached hydrogens (tertiary/aromatic N) is 4. The largest absolute Gasteiger partial charge is 0.351 e. The Morgan fingerprint density at radius 1 is 1.38 bits per heavy atom. The highest BCUT2D eigenvalue weighted by Gasteiger charge is 2.07. The minimum absolute atomic E-state index is 0. The number of carbonyl (C=O) groups is 1. The van der Waals surface area contributed by atoms with Gasteiger partial charge in [-0.3, -0.25) is 9.48 Å². The van der Waals surface area contributed by atoms with E-state index in [1.807, 2.05) is 24.6 Å². The third-order valence-corrected chi connectivity index (χ3v) is 4.11. The van der Waals surface area contributed by atoms with Crippen LogP contribution in [0.15, 0.2) is 34.8 Å². The lowest BCUT2D eigenvalue weighted by Crippen LogP contribution is -2.42. The highest BCUT2D eigenvalue weighted by Crippen LogP contribution is 2.07. The van der Waals surface area contributed by atoms with E-state index in [2.05, 4.69) is 26.8 Å². The Morgan fingerprint density at radius 2 is 2.17 bits per heavy atom. The molecule has 0 aromatic carbocycles. The maximum Gasteiger partial charge on any atom is 0.241 e. The van der Waals surface area contributed by atoms with Gasteiger partial charge >= 0.3 is 0 Å². The van der Waals surface area contributed by atoms with Gasteiger partial charge in [-0.15, -0.1) is 35.3 Å². The number of halogens is 1. The number of hydrogen-bond donors (Lipinski definition) is 2. The molecule has 1 amide bonds. The molecule has 7 nitrogen and oxygen atoms in total. The molecule has 24 heavy (non-hydrogen) atoms. The number of thiophene rings is 1. The predicted molar refractivity (Wildman–Crippen MR) is 108 cm³/mol. The Labute approximate surface area is 163 Å². The van der Waals surface area contributed by atoms with Crippen LogP contribution in [0.1, 0.15) is 10.6 Å². The van der Waals surface area contributed by atoms with Gasteiger partial charge in [-0.05, 0) is 17.5 Å². The average Bonchev–Trinajstić information content (AvgIpc) is 3.17. The van der Waals surface area contributed by atoms with Gasteiger partial charge < -0.3 is 15.5 Å². The lowest BCUT2D eigenvalue weighted by Gasteiger charge is -2.14. The first-order valence-corrected chi connectivity index (χ1v) is 8.16. The summed E-state index contributed by atoms with van der Waals surface area (Å²) in [7, 11) is 5.34. The van der Waals surface area contributed by atoms with Crippen LogP contribution < -0.4 is 10.6 Å². The summed E-state index contributed by atoms with van der Waals surface area (Å²) in [4.78, 5) is 19.0. The molecule has 0 radical (unpaired) electrons. The van der Waals surface area contributed by atoms with E-state index in [0.29, 0.717) is 19.0 Å². The summed E-state index contributed by atoms with van der Waals surface area (Å²) in [5, 5.41) is 12.5. The fourth-order valence-corrected chi connectivity index (χ4v) is 2.44. The molecule has 2 heterocycles. The number of aromatic nitrogens is 2. The summed E-state index contributed by atoms with van der Waals surface area (Å²) in [6.07, 6.45) is 1.74. The SMILES string of the molecule is CN(C)C(=O)CNC(=NCc1ccnn1C)NCc1cccs1.I. The predicted octanol–water partition coefficient (Wildman–Crippen LogP) is 1.42. The van der Waals surface area contributed by atoms with Crippen molar-refractivity contribution in [3.8, 4) is 0 Å². The van der Waals surface area contributed by atoms with Crippen molar-refractivity contribution in [2.75, 3.05) is 20.6 Å². The maximum atomic E-state index is 11.7. The number of aryl methyl sites for hydroxylation is 1. The molecule has 9 heteroatoms. The molecule has 2 aromatic heterocycles. The average molecular weight is 462 g/mol. The van der Waals surface area contributed by atoms with E-state index in [1.165, 1.54) is 4.88 Å². The first kappa shape index (κ1) is 20.4. The van der Waals surface area contributed by atoms with Crippen LogP contribution in [0.4, 0.5) is 0 Å². The van der Waals surface area contributed by atoms with Crippen LogP contribution in [0.2, 0.25) is 0 Å². The van der Waals surface area contributed by atoms with Crippen molar-refractivity contribution in [3.63, 3.8) is 0 Å². The summed E-state index contributed by atoms with van der Waals surface area (Å²) in [6, 6.07) is 5.99. The van der Waals surface area contributed by atoms with Crippen molar-refractivity contribution in [2.45, 2.75) is 13.1 Å². The van der Waals surface area contributed by atoms with Crippen LogP contribution in [0.3, 0.4) is 0 Å². The molecule has 2 rings (SSSR count). The summed E-state index contributed by atoms with van der Waals surface area (Å²) in [6.45, 7) is 1.37. The van der Waals surface area contributed by atoms with Gasteiger partial charge in [0.2, 0.25) is 5.91 Å². The van der Waals surface area contributed by atoms with Gasteiger partial charge in [0.1, 0.15) is 0 Å². The number of likely N-dealkylation sites (N-methyl/N-ethyl adjacent to an activating group) is 1. The van der Waals surface area contributed by atoms with Gasteiger partial charge in [0.05, 0.1) is 25.3 Å². The molecule has 0 fully saturated rings. The smallest absolute Gasteiger partial charge is 0.241 e. The summed E-state index contributed by atoms with van der Waals surface area (Å²) >= 11 is 1.68. The Balaban J connectivity index is 0.00000288. The maximum absolute atomic E-state index is 11.7. The topological polar surface area (TPSA) is 74.5 Å². The first-order chi connectivity index (χ1) is 11.1. The van der Waals surface area contributed by atoms with E-state index < -0.39 is 0 Å². The second kappa shape index (κ2) is 10.3. The zero-order valence-electron chi connectivity index (χ0n) is 14.0. The zero-order chi connectivity index (χ0) is 16.7. The zero-order valence-corrected chi connectivity index (χ0v) is 17.2. The molecular formula is C15H23IN6OS. The number of nitrogens with one attached hydrogen (secondary N) is 2. The monoisotopic (exact) mass is 462 g/mol. The van der Waals surface area contributed by atoms with E-state index in [4.69, 9.17) is 0 Å². The summed E-state index contributed by atoms with van der Waals surface area (Å²) in [5.74, 6) is 0.603. The fourth-order valence-electron chi connectivity index (χ4n) is 1.79. The number of rotatable bonds is 6. The number of hydrogen-bond acceptors (Lipinski definition) is 4. The molecule has 0 bridgehead atoms. The molecule has 0 aliphatic rings. The molecule has 0 unspecified atom stereocenters. The molecule has 0 aliphatic heterocycles. The minimum Gasteiger partial charge on any atom is -0.351 e. The van der Waals surface area contributed by atoms with Crippen molar-refractivity contribution in [1.29, 1.82) is 0 Å². The number of guanidine groups is 1. The van der Waals surface area contributed by atoms with E-state index in [9.17, 15) is 4.79 Å². The van der Waals surface area contributed by atoms with Crippen molar-refractivity contribution in [2.24, 2.45) is 12.0 Å². The van der Waals surface area contributed by atoms with Gasteiger partial charge in [-0.2, -0.15) is 5.10 Å². The van der Waals surface area contributed by atoms with Crippen LogP contribution in [0.25, 0.3) is 0 Å².